The van der Waals surface area contributed by atoms with Crippen molar-refractivity contribution in [2.75, 3.05) is 6.61 Å². The van der Waals surface area contributed by atoms with Crippen LogP contribution in [0, 0.1) is 6.92 Å². The number of ether oxygens (including phenoxy) is 2. The third-order valence-electron chi connectivity index (χ3n) is 3.64. The van der Waals surface area contributed by atoms with E-state index in [1.54, 1.807) is 24.3 Å². The van der Waals surface area contributed by atoms with Gasteiger partial charge in [-0.2, -0.15) is 0 Å². The Labute approximate surface area is 152 Å². The molecule has 2 aromatic rings. The van der Waals surface area contributed by atoms with Crippen LogP contribution in [-0.2, 0) is 20.9 Å². The van der Waals surface area contributed by atoms with E-state index in [-0.39, 0.29) is 12.5 Å². The van der Waals surface area contributed by atoms with Crippen LogP contribution in [0.2, 0.25) is 0 Å². The first-order chi connectivity index (χ1) is 12.5. The van der Waals surface area contributed by atoms with Gasteiger partial charge in [0.05, 0.1) is 0 Å². The molecule has 2 rings (SSSR count). The molecule has 0 saturated heterocycles. The highest BCUT2D eigenvalue weighted by atomic mass is 16.6. The maximum absolute atomic E-state index is 12.0. The Hall–Kier alpha value is -3.15. The van der Waals surface area contributed by atoms with E-state index in [1.807, 2.05) is 31.2 Å². The molecule has 2 aromatic carbocycles. The van der Waals surface area contributed by atoms with Gasteiger partial charge in [-0.25, -0.2) is 4.79 Å². The van der Waals surface area contributed by atoms with Crippen molar-refractivity contribution in [3.63, 3.8) is 0 Å². The molecule has 0 unspecified atom stereocenters. The maximum Gasteiger partial charge on any atom is 0.344 e. The summed E-state index contributed by atoms with van der Waals surface area (Å²) in [6, 6.07) is 14.1. The lowest BCUT2D eigenvalue weighted by Crippen LogP contribution is -2.36. The summed E-state index contributed by atoms with van der Waals surface area (Å²) in [7, 11) is 0. The predicted molar refractivity (Wildman–Crippen MR) is 95.9 cm³/mol. The highest BCUT2D eigenvalue weighted by Crippen LogP contribution is 2.11. The summed E-state index contributed by atoms with van der Waals surface area (Å²) < 4.78 is 10.3. The average Bonchev–Trinajstić information content (AvgIpc) is 2.66. The van der Waals surface area contributed by atoms with Crippen molar-refractivity contribution in [1.82, 2.24) is 5.32 Å². The fraction of sp³-hybridized carbons (Fsp3) is 0.250. The Bertz CT molecular complexity index is 753. The number of hydrogen-bond donors (Lipinski definition) is 1. The number of aldehydes is 1. The summed E-state index contributed by atoms with van der Waals surface area (Å²) in [6.45, 7) is 3.53. The summed E-state index contributed by atoms with van der Waals surface area (Å²) >= 11 is 0. The lowest BCUT2D eigenvalue weighted by atomic mass is 10.1. The third-order valence-corrected chi connectivity index (χ3v) is 3.64. The van der Waals surface area contributed by atoms with Gasteiger partial charge in [0.15, 0.2) is 12.7 Å². The maximum atomic E-state index is 12.0. The van der Waals surface area contributed by atoms with Crippen molar-refractivity contribution in [2.45, 2.75) is 26.5 Å². The second-order valence-electron chi connectivity index (χ2n) is 5.81. The first kappa shape index (κ1) is 19.2. The molecule has 6 nitrogen and oxygen atoms in total. The Morgan fingerprint density at radius 2 is 1.73 bits per heavy atom. The van der Waals surface area contributed by atoms with Gasteiger partial charge in [0.2, 0.25) is 0 Å². The van der Waals surface area contributed by atoms with Crippen molar-refractivity contribution in [3.8, 4) is 5.75 Å². The van der Waals surface area contributed by atoms with Crippen molar-refractivity contribution in [1.29, 1.82) is 0 Å². The largest absolute Gasteiger partial charge is 0.482 e. The molecule has 0 spiro atoms. The number of esters is 1. The lowest BCUT2D eigenvalue weighted by molar-refractivity contribution is -0.156. The van der Waals surface area contributed by atoms with Gasteiger partial charge in [-0.15, -0.1) is 0 Å². The number of carbonyl (C=O) groups is 3. The molecule has 0 fully saturated rings. The summed E-state index contributed by atoms with van der Waals surface area (Å²) in [5, 5.41) is 2.72. The van der Waals surface area contributed by atoms with Crippen molar-refractivity contribution < 1.29 is 23.9 Å². The minimum atomic E-state index is -0.922. The summed E-state index contributed by atoms with van der Waals surface area (Å²) in [6.07, 6.45) is -0.205. The molecule has 0 aliphatic carbocycles. The highest BCUT2D eigenvalue weighted by molar-refractivity contribution is 5.83. The summed E-state index contributed by atoms with van der Waals surface area (Å²) in [4.78, 5) is 34.4. The predicted octanol–water partition coefficient (Wildman–Crippen LogP) is 2.43. The van der Waals surface area contributed by atoms with E-state index in [0.29, 0.717) is 17.9 Å². The zero-order valence-electron chi connectivity index (χ0n) is 14.7. The standard InChI is InChI=1S/C20H21NO5/c1-14-3-5-16(6-4-14)11-21-20(24)15(2)26-19(23)13-25-18-9-7-17(12-22)8-10-18/h3-10,12,15H,11,13H2,1-2H3,(H,21,24)/t15-/m0/s1. The van der Waals surface area contributed by atoms with E-state index in [1.165, 1.54) is 6.92 Å². The number of nitrogens with one attached hydrogen (secondary N) is 1. The van der Waals surface area contributed by atoms with Gasteiger partial charge in [0, 0.05) is 12.1 Å². The molecular formula is C20H21NO5. The number of benzene rings is 2. The van der Waals surface area contributed by atoms with Crippen LogP contribution >= 0.6 is 0 Å². The second kappa shape index (κ2) is 9.36. The minimum absolute atomic E-state index is 0.323. The molecule has 0 heterocycles. The number of rotatable bonds is 8. The molecule has 136 valence electrons. The average molecular weight is 355 g/mol. The molecular weight excluding hydrogens is 334 g/mol. The Morgan fingerprint density at radius 3 is 2.35 bits per heavy atom. The SMILES string of the molecule is Cc1ccc(CNC(=O)[C@H](C)OC(=O)COc2ccc(C=O)cc2)cc1. The van der Waals surface area contributed by atoms with Crippen LogP contribution in [-0.4, -0.2) is 30.9 Å². The molecule has 1 N–H and O–H groups in total. The number of hydrogen-bond acceptors (Lipinski definition) is 5. The Kier molecular flexibility index (Phi) is 6.91. The smallest absolute Gasteiger partial charge is 0.344 e. The van der Waals surface area contributed by atoms with Crippen LogP contribution in [0.25, 0.3) is 0 Å². The zero-order valence-corrected chi connectivity index (χ0v) is 14.7. The van der Waals surface area contributed by atoms with Gasteiger partial charge >= 0.3 is 5.97 Å². The van der Waals surface area contributed by atoms with Crippen LogP contribution < -0.4 is 10.1 Å². The van der Waals surface area contributed by atoms with Crippen LogP contribution in [0.15, 0.2) is 48.5 Å². The first-order valence-electron chi connectivity index (χ1n) is 8.18. The van der Waals surface area contributed by atoms with Gasteiger partial charge in [-0.3, -0.25) is 9.59 Å². The van der Waals surface area contributed by atoms with Crippen LogP contribution in [0.1, 0.15) is 28.4 Å². The number of carbonyl (C=O) groups excluding carboxylic acids is 3. The summed E-state index contributed by atoms with van der Waals surface area (Å²) in [5.41, 5.74) is 2.62. The second-order valence-corrected chi connectivity index (χ2v) is 5.81. The fourth-order valence-electron chi connectivity index (χ4n) is 2.11. The van der Waals surface area contributed by atoms with Crippen molar-refractivity contribution in [2.24, 2.45) is 0 Å². The van der Waals surface area contributed by atoms with E-state index in [4.69, 9.17) is 9.47 Å². The van der Waals surface area contributed by atoms with Gasteiger partial charge < -0.3 is 14.8 Å². The molecule has 0 radical (unpaired) electrons. The number of aryl methyl sites for hydroxylation is 1. The molecule has 0 aromatic heterocycles. The van der Waals surface area contributed by atoms with Crippen LogP contribution in [0.3, 0.4) is 0 Å². The molecule has 0 saturated carbocycles. The van der Waals surface area contributed by atoms with Gasteiger partial charge in [-0.05, 0) is 43.7 Å². The first-order valence-corrected chi connectivity index (χ1v) is 8.18. The normalized spacial score (nSPS) is 11.3. The minimum Gasteiger partial charge on any atom is -0.482 e. The molecule has 0 aliphatic rings. The zero-order chi connectivity index (χ0) is 18.9. The molecule has 6 heteroatoms. The molecule has 1 atom stereocenters. The Balaban J connectivity index is 1.73. The number of amides is 1. The van der Waals surface area contributed by atoms with E-state index >= 15 is 0 Å². The molecule has 26 heavy (non-hydrogen) atoms. The fourth-order valence-corrected chi connectivity index (χ4v) is 2.11. The van der Waals surface area contributed by atoms with E-state index < -0.39 is 12.1 Å². The molecule has 1 amide bonds. The van der Waals surface area contributed by atoms with E-state index in [9.17, 15) is 14.4 Å². The monoisotopic (exact) mass is 355 g/mol. The van der Waals surface area contributed by atoms with Gasteiger partial charge in [0.1, 0.15) is 12.0 Å². The van der Waals surface area contributed by atoms with Crippen LogP contribution in [0.5, 0.6) is 5.75 Å². The van der Waals surface area contributed by atoms with Crippen LogP contribution in [0.4, 0.5) is 0 Å². The molecule has 0 aliphatic heterocycles. The lowest BCUT2D eigenvalue weighted by Gasteiger charge is -2.14. The Morgan fingerprint density at radius 1 is 1.08 bits per heavy atom. The third kappa shape index (κ3) is 6.05. The van der Waals surface area contributed by atoms with E-state index in [2.05, 4.69) is 5.32 Å². The highest BCUT2D eigenvalue weighted by Gasteiger charge is 2.17. The topological polar surface area (TPSA) is 81.7 Å². The molecule has 0 bridgehead atoms. The van der Waals surface area contributed by atoms with Crippen molar-refractivity contribution in [3.05, 3.63) is 65.2 Å². The quantitative estimate of drug-likeness (QED) is 0.581. The van der Waals surface area contributed by atoms with Gasteiger partial charge in [0.25, 0.3) is 5.91 Å². The summed E-state index contributed by atoms with van der Waals surface area (Å²) in [5.74, 6) is -0.597. The van der Waals surface area contributed by atoms with Crippen molar-refractivity contribution >= 4 is 18.2 Å². The van der Waals surface area contributed by atoms with Gasteiger partial charge in [-0.1, -0.05) is 29.8 Å². The van der Waals surface area contributed by atoms with E-state index in [0.717, 1.165) is 17.4 Å².